The van der Waals surface area contributed by atoms with Gasteiger partial charge in [0.15, 0.2) is 0 Å². The van der Waals surface area contributed by atoms with Gasteiger partial charge in [-0.3, -0.25) is 0 Å². The summed E-state index contributed by atoms with van der Waals surface area (Å²) in [6.07, 6.45) is 0. The molecule has 2 amide bonds. The Morgan fingerprint density at radius 2 is 1.82 bits per heavy atom. The molecule has 0 saturated carbocycles. The normalized spacial score (nSPS) is 12.0. The Labute approximate surface area is 103 Å². The Morgan fingerprint density at radius 3 is 2.35 bits per heavy atom. The molecule has 0 bridgehead atoms. The number of hydrogen-bond acceptors (Lipinski definition) is 2. The number of amides is 2. The molecule has 1 rings (SSSR count). The first kappa shape index (κ1) is 13.5. The zero-order valence-electron chi connectivity index (χ0n) is 10.9. The maximum atomic E-state index is 11.6. The highest BCUT2D eigenvalue weighted by Gasteiger charge is 2.04. The monoisotopic (exact) mass is 235 g/mol. The van der Waals surface area contributed by atoms with Crippen molar-refractivity contribution in [3.05, 3.63) is 29.3 Å². The van der Waals surface area contributed by atoms with Gasteiger partial charge in [0.25, 0.3) is 0 Å². The number of urea groups is 1. The minimum Gasteiger partial charge on any atom is -0.336 e. The van der Waals surface area contributed by atoms with Crippen LogP contribution in [0.1, 0.15) is 18.1 Å². The molecule has 17 heavy (non-hydrogen) atoms. The van der Waals surface area contributed by atoms with Gasteiger partial charge in [0, 0.05) is 18.3 Å². The zero-order valence-corrected chi connectivity index (χ0v) is 10.9. The van der Waals surface area contributed by atoms with E-state index in [1.165, 1.54) is 0 Å². The Morgan fingerprint density at radius 1 is 1.24 bits per heavy atom. The molecule has 0 aliphatic carbocycles. The van der Waals surface area contributed by atoms with Crippen LogP contribution in [0.3, 0.4) is 0 Å². The first-order valence-electron chi connectivity index (χ1n) is 5.81. The van der Waals surface area contributed by atoms with Crippen molar-refractivity contribution < 1.29 is 4.79 Å². The lowest BCUT2D eigenvalue weighted by atomic mass is 10.1. The maximum absolute atomic E-state index is 11.6. The van der Waals surface area contributed by atoms with E-state index < -0.39 is 0 Å². The first-order valence-corrected chi connectivity index (χ1v) is 5.81. The van der Waals surface area contributed by atoms with Gasteiger partial charge in [0.2, 0.25) is 0 Å². The topological polar surface area (TPSA) is 53.2 Å². The molecule has 3 N–H and O–H groups in total. The van der Waals surface area contributed by atoms with Gasteiger partial charge in [-0.1, -0.05) is 6.07 Å². The van der Waals surface area contributed by atoms with Crippen LogP contribution in [0.15, 0.2) is 18.2 Å². The molecule has 94 valence electrons. The highest BCUT2D eigenvalue weighted by molar-refractivity contribution is 5.89. The fourth-order valence-corrected chi connectivity index (χ4v) is 1.57. The van der Waals surface area contributed by atoms with Crippen molar-refractivity contribution in [1.82, 2.24) is 10.6 Å². The minimum absolute atomic E-state index is 0.169. The van der Waals surface area contributed by atoms with Crippen LogP contribution in [0.2, 0.25) is 0 Å². The second-order valence-corrected chi connectivity index (χ2v) is 4.40. The van der Waals surface area contributed by atoms with Gasteiger partial charge in [0.05, 0.1) is 0 Å². The number of carbonyl (C=O) groups is 1. The van der Waals surface area contributed by atoms with Crippen LogP contribution >= 0.6 is 0 Å². The third-order valence-electron chi connectivity index (χ3n) is 2.54. The van der Waals surface area contributed by atoms with Crippen LogP contribution in [-0.2, 0) is 0 Å². The molecule has 0 fully saturated rings. The van der Waals surface area contributed by atoms with Gasteiger partial charge in [-0.15, -0.1) is 0 Å². The van der Waals surface area contributed by atoms with E-state index in [-0.39, 0.29) is 12.1 Å². The number of nitrogens with one attached hydrogen (secondary N) is 3. The smallest absolute Gasteiger partial charge is 0.319 e. The molecular weight excluding hydrogens is 214 g/mol. The number of hydrogen-bond donors (Lipinski definition) is 3. The molecule has 0 heterocycles. The summed E-state index contributed by atoms with van der Waals surface area (Å²) in [5, 5.41) is 8.69. The average molecular weight is 235 g/mol. The van der Waals surface area contributed by atoms with Crippen LogP contribution < -0.4 is 16.0 Å². The molecule has 0 aliphatic rings. The molecule has 0 saturated heterocycles. The fourth-order valence-electron chi connectivity index (χ4n) is 1.57. The Hall–Kier alpha value is -1.55. The second kappa shape index (κ2) is 6.25. The largest absolute Gasteiger partial charge is 0.336 e. The fraction of sp³-hybridized carbons (Fsp3) is 0.462. The van der Waals surface area contributed by atoms with Crippen molar-refractivity contribution in [2.75, 3.05) is 18.9 Å². The number of carbonyl (C=O) groups excluding carboxylic acids is 1. The van der Waals surface area contributed by atoms with Crippen molar-refractivity contribution in [1.29, 1.82) is 0 Å². The van der Waals surface area contributed by atoms with Crippen molar-refractivity contribution in [3.8, 4) is 0 Å². The van der Waals surface area contributed by atoms with Gasteiger partial charge in [-0.05, 0) is 51.1 Å². The standard InChI is InChI=1S/C13H21N3O/c1-9-5-10(2)7-12(6-9)16-13(17)15-8-11(3)14-4/h5-7,11,14H,8H2,1-4H3,(H2,15,16,17). The van der Waals surface area contributed by atoms with Crippen LogP contribution in [0.25, 0.3) is 0 Å². The quantitative estimate of drug-likeness (QED) is 0.748. The summed E-state index contributed by atoms with van der Waals surface area (Å²) in [6.45, 7) is 6.64. The molecule has 1 atom stereocenters. The summed E-state index contributed by atoms with van der Waals surface area (Å²) in [5.74, 6) is 0. The Kier molecular flexibility index (Phi) is 4.97. The van der Waals surface area contributed by atoms with E-state index in [0.717, 1.165) is 16.8 Å². The zero-order chi connectivity index (χ0) is 12.8. The average Bonchev–Trinajstić information content (AvgIpc) is 2.24. The molecule has 4 nitrogen and oxygen atoms in total. The van der Waals surface area contributed by atoms with Gasteiger partial charge in [0.1, 0.15) is 0 Å². The lowest BCUT2D eigenvalue weighted by Gasteiger charge is -2.12. The van der Waals surface area contributed by atoms with Crippen LogP contribution in [0.5, 0.6) is 0 Å². The first-order chi connectivity index (χ1) is 8.01. The molecule has 1 aromatic rings. The van der Waals surface area contributed by atoms with Gasteiger partial charge >= 0.3 is 6.03 Å². The van der Waals surface area contributed by atoms with E-state index in [1.807, 2.05) is 40.0 Å². The lowest BCUT2D eigenvalue weighted by molar-refractivity contribution is 0.251. The summed E-state index contributed by atoms with van der Waals surface area (Å²) in [6, 6.07) is 6.08. The number of aryl methyl sites for hydroxylation is 2. The van der Waals surface area contributed by atoms with Gasteiger partial charge < -0.3 is 16.0 Å². The van der Waals surface area contributed by atoms with Crippen molar-refractivity contribution in [2.24, 2.45) is 0 Å². The van der Waals surface area contributed by atoms with E-state index in [4.69, 9.17) is 0 Å². The lowest BCUT2D eigenvalue weighted by Crippen LogP contribution is -2.39. The van der Waals surface area contributed by atoms with E-state index in [0.29, 0.717) is 6.54 Å². The highest BCUT2D eigenvalue weighted by Crippen LogP contribution is 2.13. The number of rotatable bonds is 4. The van der Waals surface area contributed by atoms with Crippen molar-refractivity contribution in [3.63, 3.8) is 0 Å². The summed E-state index contributed by atoms with van der Waals surface area (Å²) in [7, 11) is 1.87. The SMILES string of the molecule is CNC(C)CNC(=O)Nc1cc(C)cc(C)c1. The molecule has 0 aliphatic heterocycles. The number of benzene rings is 1. The molecule has 0 radical (unpaired) electrons. The molecule has 0 aromatic heterocycles. The summed E-state index contributed by atoms with van der Waals surface area (Å²) >= 11 is 0. The van der Waals surface area contributed by atoms with Gasteiger partial charge in [-0.2, -0.15) is 0 Å². The highest BCUT2D eigenvalue weighted by atomic mass is 16.2. The van der Waals surface area contributed by atoms with E-state index >= 15 is 0 Å². The summed E-state index contributed by atoms with van der Waals surface area (Å²) < 4.78 is 0. The predicted octanol–water partition coefficient (Wildman–Crippen LogP) is 2.03. The molecule has 1 unspecified atom stereocenters. The minimum atomic E-state index is -0.169. The van der Waals surface area contributed by atoms with Crippen molar-refractivity contribution in [2.45, 2.75) is 26.8 Å². The molecule has 4 heteroatoms. The Balaban J connectivity index is 2.50. The second-order valence-electron chi connectivity index (χ2n) is 4.40. The molecular formula is C13H21N3O. The molecule has 0 spiro atoms. The van der Waals surface area contributed by atoms with Gasteiger partial charge in [-0.25, -0.2) is 4.79 Å². The van der Waals surface area contributed by atoms with E-state index in [2.05, 4.69) is 22.0 Å². The Bertz CT molecular complexity index is 370. The molecule has 1 aromatic carbocycles. The van der Waals surface area contributed by atoms with E-state index in [1.54, 1.807) is 0 Å². The third kappa shape index (κ3) is 4.87. The number of anilines is 1. The summed E-state index contributed by atoms with van der Waals surface area (Å²) in [4.78, 5) is 11.6. The van der Waals surface area contributed by atoms with E-state index in [9.17, 15) is 4.79 Å². The predicted molar refractivity (Wildman–Crippen MR) is 71.5 cm³/mol. The summed E-state index contributed by atoms with van der Waals surface area (Å²) in [5.41, 5.74) is 3.12. The van der Waals surface area contributed by atoms with Crippen LogP contribution in [-0.4, -0.2) is 25.7 Å². The number of likely N-dealkylation sites (N-methyl/N-ethyl adjacent to an activating group) is 1. The van der Waals surface area contributed by atoms with Crippen LogP contribution in [0, 0.1) is 13.8 Å². The third-order valence-corrected chi connectivity index (χ3v) is 2.54. The maximum Gasteiger partial charge on any atom is 0.319 e. The van der Waals surface area contributed by atoms with Crippen LogP contribution in [0.4, 0.5) is 10.5 Å². The van der Waals surface area contributed by atoms with Crippen molar-refractivity contribution >= 4 is 11.7 Å².